The second-order valence-corrected chi connectivity index (χ2v) is 4.86. The molecule has 0 radical (unpaired) electrons. The van der Waals surface area contributed by atoms with Gasteiger partial charge in [0.1, 0.15) is 5.75 Å². The van der Waals surface area contributed by atoms with Gasteiger partial charge < -0.3 is 15.7 Å². The summed E-state index contributed by atoms with van der Waals surface area (Å²) in [7, 11) is 2.07. The Kier molecular flexibility index (Phi) is 3.06. The molecule has 88 valence electrons. The zero-order valence-corrected chi connectivity index (χ0v) is 9.98. The van der Waals surface area contributed by atoms with Crippen molar-refractivity contribution in [1.82, 2.24) is 0 Å². The minimum absolute atomic E-state index is 0.122. The third-order valence-electron chi connectivity index (χ3n) is 3.17. The Balaban J connectivity index is 2.12. The first-order valence-corrected chi connectivity index (χ1v) is 5.87. The summed E-state index contributed by atoms with van der Waals surface area (Å²) >= 11 is 0. The normalized spacial score (nSPS) is 17.2. The first-order chi connectivity index (χ1) is 7.58. The van der Waals surface area contributed by atoms with E-state index in [4.69, 9.17) is 5.73 Å². The Morgan fingerprint density at radius 1 is 1.50 bits per heavy atom. The lowest BCUT2D eigenvalue weighted by Crippen LogP contribution is -2.20. The highest BCUT2D eigenvalue weighted by atomic mass is 16.3. The van der Waals surface area contributed by atoms with Crippen molar-refractivity contribution in [3.8, 4) is 5.75 Å². The molecule has 0 amide bonds. The Labute approximate surface area is 96.9 Å². The van der Waals surface area contributed by atoms with Gasteiger partial charge in [0.05, 0.1) is 0 Å². The van der Waals surface area contributed by atoms with Gasteiger partial charge in [0.2, 0.25) is 0 Å². The maximum Gasteiger partial charge on any atom is 0.122 e. The monoisotopic (exact) mass is 220 g/mol. The molecule has 1 fully saturated rings. The predicted octanol–water partition coefficient (Wildman–Crippen LogP) is 2.26. The number of benzene rings is 1. The molecule has 3 heteroatoms. The lowest BCUT2D eigenvalue weighted by Gasteiger charge is -2.20. The second kappa shape index (κ2) is 4.34. The maximum atomic E-state index is 9.85. The van der Waals surface area contributed by atoms with Gasteiger partial charge in [-0.2, -0.15) is 0 Å². The van der Waals surface area contributed by atoms with Gasteiger partial charge >= 0.3 is 0 Å². The van der Waals surface area contributed by atoms with Crippen LogP contribution < -0.4 is 10.6 Å². The van der Waals surface area contributed by atoms with E-state index < -0.39 is 0 Å². The first-order valence-electron chi connectivity index (χ1n) is 5.87. The van der Waals surface area contributed by atoms with Gasteiger partial charge in [-0.05, 0) is 31.7 Å². The summed E-state index contributed by atoms with van der Waals surface area (Å²) in [6.07, 6.45) is 2.68. The van der Waals surface area contributed by atoms with Crippen molar-refractivity contribution in [3.63, 3.8) is 0 Å². The minimum atomic E-state index is -0.122. The summed E-state index contributed by atoms with van der Waals surface area (Å²) in [5, 5.41) is 9.85. The zero-order chi connectivity index (χ0) is 11.7. The van der Waals surface area contributed by atoms with E-state index in [0.717, 1.165) is 23.7 Å². The summed E-state index contributed by atoms with van der Waals surface area (Å²) in [6, 6.07) is 5.63. The molecule has 1 saturated carbocycles. The number of nitrogens with two attached hydrogens (primary N) is 1. The standard InChI is InChI=1S/C13H20N2O/c1-9(14)12-6-5-11(7-13(12)16)15(2)8-10-3-4-10/h5-7,9-10,16H,3-4,8,14H2,1-2H3. The molecule has 0 bridgehead atoms. The fraction of sp³-hybridized carbons (Fsp3) is 0.538. The molecule has 1 atom stereocenters. The van der Waals surface area contributed by atoms with Crippen LogP contribution in [0.3, 0.4) is 0 Å². The van der Waals surface area contributed by atoms with Crippen LogP contribution in [-0.4, -0.2) is 18.7 Å². The molecule has 3 N–H and O–H groups in total. The van der Waals surface area contributed by atoms with E-state index in [1.54, 1.807) is 6.07 Å². The molecular weight excluding hydrogens is 200 g/mol. The Hall–Kier alpha value is -1.22. The van der Waals surface area contributed by atoms with Gasteiger partial charge in [0.15, 0.2) is 0 Å². The molecule has 1 aliphatic carbocycles. The Bertz CT molecular complexity index is 372. The van der Waals surface area contributed by atoms with Gasteiger partial charge in [-0.1, -0.05) is 6.07 Å². The van der Waals surface area contributed by atoms with Crippen molar-refractivity contribution in [2.24, 2.45) is 11.7 Å². The third kappa shape index (κ3) is 2.47. The number of anilines is 1. The van der Waals surface area contributed by atoms with E-state index in [0.29, 0.717) is 5.75 Å². The molecule has 0 aromatic heterocycles. The molecule has 3 nitrogen and oxygen atoms in total. The highest BCUT2D eigenvalue weighted by Crippen LogP contribution is 2.32. The molecule has 0 heterocycles. The predicted molar refractivity (Wildman–Crippen MR) is 66.7 cm³/mol. The molecule has 0 aliphatic heterocycles. The van der Waals surface area contributed by atoms with Crippen LogP contribution in [0.1, 0.15) is 31.4 Å². The van der Waals surface area contributed by atoms with Gasteiger partial charge in [-0.25, -0.2) is 0 Å². The highest BCUT2D eigenvalue weighted by molar-refractivity contribution is 5.53. The molecule has 16 heavy (non-hydrogen) atoms. The van der Waals surface area contributed by atoms with Gasteiger partial charge in [-0.15, -0.1) is 0 Å². The summed E-state index contributed by atoms with van der Waals surface area (Å²) in [5.74, 6) is 1.15. The lowest BCUT2D eigenvalue weighted by molar-refractivity contribution is 0.463. The number of hydrogen-bond donors (Lipinski definition) is 2. The number of rotatable bonds is 4. The molecule has 0 saturated heterocycles. The van der Waals surface area contributed by atoms with Crippen LogP contribution in [0.25, 0.3) is 0 Å². The van der Waals surface area contributed by atoms with E-state index in [-0.39, 0.29) is 6.04 Å². The Morgan fingerprint density at radius 2 is 2.19 bits per heavy atom. The molecular formula is C13H20N2O. The topological polar surface area (TPSA) is 49.5 Å². The minimum Gasteiger partial charge on any atom is -0.508 e. The van der Waals surface area contributed by atoms with Crippen molar-refractivity contribution in [3.05, 3.63) is 23.8 Å². The van der Waals surface area contributed by atoms with E-state index in [1.807, 2.05) is 19.1 Å². The van der Waals surface area contributed by atoms with E-state index in [2.05, 4.69) is 11.9 Å². The van der Waals surface area contributed by atoms with Crippen LogP contribution in [0.15, 0.2) is 18.2 Å². The molecule has 1 unspecified atom stereocenters. The smallest absolute Gasteiger partial charge is 0.122 e. The fourth-order valence-electron chi connectivity index (χ4n) is 1.95. The van der Waals surface area contributed by atoms with Crippen LogP contribution in [0, 0.1) is 5.92 Å². The largest absolute Gasteiger partial charge is 0.508 e. The number of nitrogens with zero attached hydrogens (tertiary/aromatic N) is 1. The summed E-state index contributed by atoms with van der Waals surface area (Å²) in [6.45, 7) is 2.96. The average molecular weight is 220 g/mol. The van der Waals surface area contributed by atoms with Gasteiger partial charge in [-0.3, -0.25) is 0 Å². The Morgan fingerprint density at radius 3 is 2.69 bits per heavy atom. The first kappa shape index (κ1) is 11.3. The number of phenolic OH excluding ortho intramolecular Hbond substituents is 1. The second-order valence-electron chi connectivity index (χ2n) is 4.86. The molecule has 1 aliphatic rings. The van der Waals surface area contributed by atoms with Crippen molar-refractivity contribution < 1.29 is 5.11 Å². The molecule has 1 aromatic rings. The summed E-state index contributed by atoms with van der Waals surface area (Å²) in [5.41, 5.74) is 7.63. The van der Waals surface area contributed by atoms with Crippen molar-refractivity contribution >= 4 is 5.69 Å². The SMILES string of the molecule is CC(N)c1ccc(N(C)CC2CC2)cc1O. The third-order valence-corrected chi connectivity index (χ3v) is 3.17. The summed E-state index contributed by atoms with van der Waals surface area (Å²) < 4.78 is 0. The summed E-state index contributed by atoms with van der Waals surface area (Å²) in [4.78, 5) is 2.20. The molecule has 0 spiro atoms. The van der Waals surface area contributed by atoms with Crippen LogP contribution in [0.4, 0.5) is 5.69 Å². The maximum absolute atomic E-state index is 9.85. The van der Waals surface area contributed by atoms with Gasteiger partial charge in [0, 0.05) is 37.0 Å². The fourth-order valence-corrected chi connectivity index (χ4v) is 1.95. The van der Waals surface area contributed by atoms with Gasteiger partial charge in [0.25, 0.3) is 0 Å². The van der Waals surface area contributed by atoms with Crippen molar-refractivity contribution in [2.45, 2.75) is 25.8 Å². The van der Waals surface area contributed by atoms with E-state index >= 15 is 0 Å². The van der Waals surface area contributed by atoms with Crippen LogP contribution >= 0.6 is 0 Å². The number of hydrogen-bond acceptors (Lipinski definition) is 3. The highest BCUT2D eigenvalue weighted by Gasteiger charge is 2.23. The number of aromatic hydroxyl groups is 1. The van der Waals surface area contributed by atoms with Crippen LogP contribution in [0.2, 0.25) is 0 Å². The molecule has 1 aromatic carbocycles. The van der Waals surface area contributed by atoms with E-state index in [9.17, 15) is 5.11 Å². The van der Waals surface area contributed by atoms with Crippen molar-refractivity contribution in [2.75, 3.05) is 18.5 Å². The van der Waals surface area contributed by atoms with Crippen molar-refractivity contribution in [1.29, 1.82) is 0 Å². The van der Waals surface area contributed by atoms with Crippen LogP contribution in [-0.2, 0) is 0 Å². The lowest BCUT2D eigenvalue weighted by atomic mass is 10.1. The van der Waals surface area contributed by atoms with E-state index in [1.165, 1.54) is 12.8 Å². The quantitative estimate of drug-likeness (QED) is 0.818. The number of phenols is 1. The van der Waals surface area contributed by atoms with Crippen LogP contribution in [0.5, 0.6) is 5.75 Å². The average Bonchev–Trinajstić information content (AvgIpc) is 3.00. The molecule has 2 rings (SSSR count). The zero-order valence-electron chi connectivity index (χ0n) is 9.98.